The van der Waals surface area contributed by atoms with Crippen LogP contribution in [0.1, 0.15) is 0 Å². The maximum absolute atomic E-state index is 2.36. The molecule has 0 bridgehead atoms. The Balaban J connectivity index is 1.95. The van der Waals surface area contributed by atoms with Crippen molar-refractivity contribution in [3.8, 4) is 0 Å². The van der Waals surface area contributed by atoms with Crippen LogP contribution < -0.4 is 0 Å². The van der Waals surface area contributed by atoms with Gasteiger partial charge in [0.2, 0.25) is 0 Å². The molecule has 120 valence electrons. The molecular formula is C26H16. The number of hydrogen-bond acceptors (Lipinski definition) is 0. The number of benzene rings is 6. The lowest BCUT2D eigenvalue weighted by Crippen LogP contribution is -1.84. The van der Waals surface area contributed by atoms with Crippen LogP contribution in [0, 0.1) is 0 Å². The molecule has 0 saturated heterocycles. The van der Waals surface area contributed by atoms with Gasteiger partial charge in [0, 0.05) is 0 Å². The van der Waals surface area contributed by atoms with Crippen molar-refractivity contribution >= 4 is 53.9 Å². The minimum Gasteiger partial charge on any atom is -0.0616 e. The summed E-state index contributed by atoms with van der Waals surface area (Å²) >= 11 is 0. The van der Waals surface area contributed by atoms with E-state index in [9.17, 15) is 0 Å². The Bertz CT molecular complexity index is 1470. The average molecular weight is 328 g/mol. The lowest BCUT2D eigenvalue weighted by atomic mass is 9.92. The first kappa shape index (κ1) is 13.9. The number of hydrogen-bond donors (Lipinski definition) is 0. The summed E-state index contributed by atoms with van der Waals surface area (Å²) in [6.45, 7) is 0. The van der Waals surface area contributed by atoms with Crippen LogP contribution in [0.25, 0.3) is 53.9 Å². The first-order valence-electron chi connectivity index (χ1n) is 9.04. The van der Waals surface area contributed by atoms with Gasteiger partial charge < -0.3 is 0 Å². The summed E-state index contributed by atoms with van der Waals surface area (Å²) in [5.74, 6) is 0. The highest BCUT2D eigenvalue weighted by molar-refractivity contribution is 6.28. The van der Waals surface area contributed by atoms with E-state index in [0.29, 0.717) is 0 Å². The fraction of sp³-hybridized carbons (Fsp3) is 0. The van der Waals surface area contributed by atoms with Crippen LogP contribution in [0.5, 0.6) is 0 Å². The molecule has 0 saturated carbocycles. The van der Waals surface area contributed by atoms with E-state index in [1.54, 1.807) is 0 Å². The van der Waals surface area contributed by atoms with E-state index in [2.05, 4.69) is 97.1 Å². The van der Waals surface area contributed by atoms with E-state index < -0.39 is 0 Å². The monoisotopic (exact) mass is 328 g/mol. The molecule has 0 radical (unpaired) electrons. The van der Waals surface area contributed by atoms with Crippen molar-refractivity contribution in [3.63, 3.8) is 0 Å². The van der Waals surface area contributed by atoms with Gasteiger partial charge >= 0.3 is 0 Å². The maximum Gasteiger partial charge on any atom is -0.00203 e. The first-order valence-corrected chi connectivity index (χ1v) is 9.04. The van der Waals surface area contributed by atoms with Crippen molar-refractivity contribution in [3.05, 3.63) is 97.1 Å². The molecule has 0 nitrogen and oxygen atoms in total. The van der Waals surface area contributed by atoms with Crippen LogP contribution in [-0.4, -0.2) is 0 Å². The van der Waals surface area contributed by atoms with Gasteiger partial charge in [0.05, 0.1) is 0 Å². The largest absolute Gasteiger partial charge is 0.0616 e. The first-order chi connectivity index (χ1) is 12.9. The minimum absolute atomic E-state index is 1.30. The zero-order valence-corrected chi connectivity index (χ0v) is 14.2. The van der Waals surface area contributed by atoms with Gasteiger partial charge in [-0.05, 0) is 66.0 Å². The number of fused-ring (bicyclic) bond motifs is 8. The van der Waals surface area contributed by atoms with Gasteiger partial charge in [-0.3, -0.25) is 0 Å². The van der Waals surface area contributed by atoms with Gasteiger partial charge in [-0.1, -0.05) is 84.9 Å². The zero-order valence-electron chi connectivity index (χ0n) is 14.2. The summed E-state index contributed by atoms with van der Waals surface area (Å²) in [4.78, 5) is 0. The Kier molecular flexibility index (Phi) is 2.70. The molecule has 26 heavy (non-hydrogen) atoms. The van der Waals surface area contributed by atoms with Gasteiger partial charge in [-0.15, -0.1) is 0 Å². The normalized spacial score (nSPS) is 11.8. The molecule has 0 unspecified atom stereocenters. The highest BCUT2D eigenvalue weighted by atomic mass is 14.1. The van der Waals surface area contributed by atoms with Crippen molar-refractivity contribution in [1.82, 2.24) is 0 Å². The van der Waals surface area contributed by atoms with E-state index in [4.69, 9.17) is 0 Å². The van der Waals surface area contributed by atoms with Crippen LogP contribution in [0.2, 0.25) is 0 Å². The lowest BCUT2D eigenvalue weighted by Gasteiger charge is -2.12. The van der Waals surface area contributed by atoms with Crippen LogP contribution >= 0.6 is 0 Å². The SMILES string of the molecule is c1ccc2cc3c(ccc4ccc5ccc6ccccc6c5c43)cc2c1. The zero-order chi connectivity index (χ0) is 17.1. The van der Waals surface area contributed by atoms with Crippen molar-refractivity contribution in [2.45, 2.75) is 0 Å². The fourth-order valence-electron chi connectivity index (χ4n) is 4.33. The van der Waals surface area contributed by atoms with E-state index in [-0.39, 0.29) is 0 Å². The Morgan fingerprint density at radius 3 is 1.54 bits per heavy atom. The molecule has 0 aliphatic heterocycles. The van der Waals surface area contributed by atoms with E-state index in [1.165, 1.54) is 53.9 Å². The van der Waals surface area contributed by atoms with Crippen LogP contribution in [-0.2, 0) is 0 Å². The van der Waals surface area contributed by atoms with Crippen molar-refractivity contribution in [2.24, 2.45) is 0 Å². The Labute approximate surface area is 151 Å². The van der Waals surface area contributed by atoms with Crippen molar-refractivity contribution in [1.29, 1.82) is 0 Å². The molecule has 0 aromatic heterocycles. The molecule has 0 spiro atoms. The summed E-state index contributed by atoms with van der Waals surface area (Å²) in [6.07, 6.45) is 0. The maximum atomic E-state index is 2.36. The van der Waals surface area contributed by atoms with Crippen molar-refractivity contribution in [2.75, 3.05) is 0 Å². The molecular weight excluding hydrogens is 312 g/mol. The van der Waals surface area contributed by atoms with Gasteiger partial charge in [0.15, 0.2) is 0 Å². The summed E-state index contributed by atoms with van der Waals surface area (Å²) in [5, 5.41) is 13.2. The molecule has 0 aliphatic rings. The predicted molar refractivity (Wildman–Crippen MR) is 114 cm³/mol. The molecule has 0 heterocycles. The average Bonchev–Trinajstić information content (AvgIpc) is 2.71. The summed E-state index contributed by atoms with van der Waals surface area (Å²) < 4.78 is 0. The smallest absolute Gasteiger partial charge is 0.00203 e. The van der Waals surface area contributed by atoms with Gasteiger partial charge in [0.1, 0.15) is 0 Å². The second-order valence-corrected chi connectivity index (χ2v) is 7.03. The Morgan fingerprint density at radius 2 is 0.808 bits per heavy atom. The highest BCUT2D eigenvalue weighted by Crippen LogP contribution is 2.37. The molecule has 0 N–H and O–H groups in total. The third-order valence-electron chi connectivity index (χ3n) is 5.57. The Hall–Kier alpha value is -3.38. The van der Waals surface area contributed by atoms with Crippen LogP contribution in [0.15, 0.2) is 97.1 Å². The standard InChI is InChI=1S/C26H16/c1-2-7-21-16-24-22(15-20(21)6-1)14-13-19-12-11-18-10-9-17-5-3-4-8-23(17)25(18)26(19)24/h1-16H. The second-order valence-electron chi connectivity index (χ2n) is 7.03. The molecule has 0 heteroatoms. The quantitative estimate of drug-likeness (QED) is 0.200. The summed E-state index contributed by atoms with van der Waals surface area (Å²) in [6, 6.07) is 35.5. The molecule has 0 atom stereocenters. The fourth-order valence-corrected chi connectivity index (χ4v) is 4.33. The van der Waals surface area contributed by atoms with Gasteiger partial charge in [-0.25, -0.2) is 0 Å². The molecule has 6 rings (SSSR count). The Morgan fingerprint density at radius 1 is 0.308 bits per heavy atom. The van der Waals surface area contributed by atoms with Crippen LogP contribution in [0.4, 0.5) is 0 Å². The third-order valence-corrected chi connectivity index (χ3v) is 5.57. The van der Waals surface area contributed by atoms with Gasteiger partial charge in [0.25, 0.3) is 0 Å². The van der Waals surface area contributed by atoms with Gasteiger partial charge in [-0.2, -0.15) is 0 Å². The topological polar surface area (TPSA) is 0 Å². The van der Waals surface area contributed by atoms with E-state index in [1.807, 2.05) is 0 Å². The lowest BCUT2D eigenvalue weighted by molar-refractivity contribution is 1.78. The summed E-state index contributed by atoms with van der Waals surface area (Å²) in [5.41, 5.74) is 0. The molecule has 0 aliphatic carbocycles. The molecule has 0 fully saturated rings. The summed E-state index contributed by atoms with van der Waals surface area (Å²) in [7, 11) is 0. The molecule has 6 aromatic rings. The molecule has 0 amide bonds. The van der Waals surface area contributed by atoms with E-state index in [0.717, 1.165) is 0 Å². The van der Waals surface area contributed by atoms with E-state index >= 15 is 0 Å². The number of rotatable bonds is 0. The van der Waals surface area contributed by atoms with Crippen LogP contribution in [0.3, 0.4) is 0 Å². The predicted octanol–water partition coefficient (Wildman–Crippen LogP) is 7.45. The molecule has 6 aromatic carbocycles. The van der Waals surface area contributed by atoms with Crippen molar-refractivity contribution < 1.29 is 0 Å². The minimum atomic E-state index is 1.30. The second kappa shape index (κ2) is 5.06. The highest BCUT2D eigenvalue weighted by Gasteiger charge is 2.09. The third kappa shape index (κ3) is 1.84.